The van der Waals surface area contributed by atoms with Crippen LogP contribution in [0.5, 0.6) is 0 Å². The summed E-state index contributed by atoms with van der Waals surface area (Å²) in [4.78, 5) is 39.4. The topological polar surface area (TPSA) is 118 Å². The van der Waals surface area contributed by atoms with Crippen LogP contribution in [0.15, 0.2) is 55.2 Å². The van der Waals surface area contributed by atoms with Crippen LogP contribution >= 0.6 is 0 Å². The first-order valence-electron chi connectivity index (χ1n) is 7.83. The first-order valence-corrected chi connectivity index (χ1v) is 7.83. The molecular formula is C18H15N5O3. The van der Waals surface area contributed by atoms with Gasteiger partial charge in [-0.2, -0.15) is 0 Å². The molecule has 0 aromatic carbocycles. The number of aromatic nitrogens is 4. The lowest BCUT2D eigenvalue weighted by Crippen LogP contribution is -2.14. The van der Waals surface area contributed by atoms with E-state index in [2.05, 4.69) is 25.3 Å². The zero-order chi connectivity index (χ0) is 18.4. The molecule has 3 heterocycles. The number of nitrogens with one attached hydrogen (secondary N) is 1. The number of carbonyl (C=O) groups excluding carboxylic acids is 1. The summed E-state index contributed by atoms with van der Waals surface area (Å²) in [5.41, 5.74) is 2.76. The number of aliphatic carboxylic acids is 1. The van der Waals surface area contributed by atoms with Gasteiger partial charge in [-0.15, -0.1) is 0 Å². The fourth-order valence-corrected chi connectivity index (χ4v) is 2.30. The summed E-state index contributed by atoms with van der Waals surface area (Å²) >= 11 is 0. The summed E-state index contributed by atoms with van der Waals surface area (Å²) in [7, 11) is 0. The van der Waals surface area contributed by atoms with E-state index in [-0.39, 0.29) is 18.7 Å². The van der Waals surface area contributed by atoms with Gasteiger partial charge in [0, 0.05) is 42.3 Å². The van der Waals surface area contributed by atoms with Crippen LogP contribution in [0, 0.1) is 0 Å². The molecule has 8 nitrogen and oxygen atoms in total. The molecule has 3 aromatic rings. The largest absolute Gasteiger partial charge is 0.481 e. The van der Waals surface area contributed by atoms with Gasteiger partial charge in [-0.05, 0) is 24.3 Å². The molecule has 0 radical (unpaired) electrons. The number of hydrogen-bond donors (Lipinski definition) is 2. The second-order valence-corrected chi connectivity index (χ2v) is 5.37. The Kier molecular flexibility index (Phi) is 5.23. The van der Waals surface area contributed by atoms with Gasteiger partial charge in [-0.3, -0.25) is 24.5 Å². The number of pyridine rings is 2. The van der Waals surface area contributed by atoms with Crippen molar-refractivity contribution in [3.63, 3.8) is 0 Å². The van der Waals surface area contributed by atoms with Crippen LogP contribution in [0.2, 0.25) is 0 Å². The summed E-state index contributed by atoms with van der Waals surface area (Å²) in [6, 6.07) is 7.26. The van der Waals surface area contributed by atoms with Gasteiger partial charge in [0.25, 0.3) is 0 Å². The average molecular weight is 349 g/mol. The molecule has 0 saturated carbocycles. The molecule has 0 aliphatic heterocycles. The zero-order valence-electron chi connectivity index (χ0n) is 13.7. The Bertz CT molecular complexity index is 917. The van der Waals surface area contributed by atoms with E-state index in [1.54, 1.807) is 30.9 Å². The molecule has 0 aliphatic carbocycles. The zero-order valence-corrected chi connectivity index (χ0v) is 13.7. The van der Waals surface area contributed by atoms with E-state index in [9.17, 15) is 9.59 Å². The molecule has 0 fully saturated rings. The van der Waals surface area contributed by atoms with Crippen molar-refractivity contribution in [1.29, 1.82) is 0 Å². The van der Waals surface area contributed by atoms with Gasteiger partial charge in [0.05, 0.1) is 18.3 Å². The number of carbonyl (C=O) groups is 2. The van der Waals surface area contributed by atoms with Crippen molar-refractivity contribution in [1.82, 2.24) is 19.9 Å². The van der Waals surface area contributed by atoms with Crippen LogP contribution in [0.4, 0.5) is 5.82 Å². The van der Waals surface area contributed by atoms with Crippen molar-refractivity contribution in [3.05, 3.63) is 55.2 Å². The van der Waals surface area contributed by atoms with Gasteiger partial charge < -0.3 is 10.4 Å². The maximum absolute atomic E-state index is 11.9. The minimum atomic E-state index is -1.03. The number of carboxylic acid groups (broad SMARTS) is 1. The fraction of sp³-hybridized carbons (Fsp3) is 0.111. The monoisotopic (exact) mass is 349 g/mol. The maximum atomic E-state index is 11.9. The van der Waals surface area contributed by atoms with Crippen molar-refractivity contribution < 1.29 is 14.7 Å². The molecule has 0 atom stereocenters. The standard InChI is InChI=1S/C18H15N5O3/c24-15(3-4-16(25)26)22-14-11-21-17(12-5-8-19-9-6-12)18(23-14)13-2-1-7-20-10-13/h1-2,5-11H,3-4H2,(H,25,26)(H,22,23,24). The Morgan fingerprint density at radius 3 is 2.42 bits per heavy atom. The third-order valence-electron chi connectivity index (χ3n) is 3.49. The molecule has 8 heteroatoms. The molecule has 0 spiro atoms. The maximum Gasteiger partial charge on any atom is 0.303 e. The normalized spacial score (nSPS) is 10.3. The van der Waals surface area contributed by atoms with Gasteiger partial charge >= 0.3 is 5.97 Å². The first-order chi connectivity index (χ1) is 12.6. The third kappa shape index (κ3) is 4.23. The number of amides is 1. The van der Waals surface area contributed by atoms with Crippen LogP contribution in [0.25, 0.3) is 22.5 Å². The second-order valence-electron chi connectivity index (χ2n) is 5.37. The SMILES string of the molecule is O=C(O)CCC(=O)Nc1cnc(-c2ccncc2)c(-c2cccnc2)n1. The first kappa shape index (κ1) is 17.2. The molecule has 0 saturated heterocycles. The Balaban J connectivity index is 1.95. The summed E-state index contributed by atoms with van der Waals surface area (Å²) in [5.74, 6) is -1.22. The van der Waals surface area contributed by atoms with E-state index >= 15 is 0 Å². The molecule has 0 bridgehead atoms. The minimum Gasteiger partial charge on any atom is -0.481 e. The van der Waals surface area contributed by atoms with Gasteiger partial charge in [-0.1, -0.05) is 0 Å². The quantitative estimate of drug-likeness (QED) is 0.701. The van der Waals surface area contributed by atoms with Crippen molar-refractivity contribution in [2.75, 3.05) is 5.32 Å². The predicted octanol–water partition coefficient (Wildman–Crippen LogP) is 2.40. The Hall–Kier alpha value is -3.68. The van der Waals surface area contributed by atoms with Crippen molar-refractivity contribution >= 4 is 17.7 Å². The molecule has 0 unspecified atom stereocenters. The molecule has 2 N–H and O–H groups in total. The highest BCUT2D eigenvalue weighted by Crippen LogP contribution is 2.28. The molecule has 130 valence electrons. The molecule has 0 aliphatic rings. The van der Waals surface area contributed by atoms with Crippen LogP contribution in [-0.4, -0.2) is 36.9 Å². The van der Waals surface area contributed by atoms with E-state index in [1.807, 2.05) is 18.2 Å². The highest BCUT2D eigenvalue weighted by molar-refractivity contribution is 5.92. The van der Waals surface area contributed by atoms with E-state index in [0.29, 0.717) is 11.4 Å². The fourth-order valence-electron chi connectivity index (χ4n) is 2.30. The molecule has 3 aromatic heterocycles. The van der Waals surface area contributed by atoms with Crippen molar-refractivity contribution in [2.45, 2.75) is 12.8 Å². The van der Waals surface area contributed by atoms with Gasteiger partial charge in [0.15, 0.2) is 5.82 Å². The lowest BCUT2D eigenvalue weighted by Gasteiger charge is -2.11. The van der Waals surface area contributed by atoms with Gasteiger partial charge in [0.1, 0.15) is 5.69 Å². The smallest absolute Gasteiger partial charge is 0.303 e. The summed E-state index contributed by atoms with van der Waals surface area (Å²) < 4.78 is 0. The van der Waals surface area contributed by atoms with Crippen LogP contribution in [0.1, 0.15) is 12.8 Å². The molecule has 1 amide bonds. The summed E-state index contributed by atoms with van der Waals surface area (Å²) in [5, 5.41) is 11.2. The van der Waals surface area contributed by atoms with Crippen molar-refractivity contribution in [3.8, 4) is 22.5 Å². The van der Waals surface area contributed by atoms with E-state index in [4.69, 9.17) is 5.11 Å². The van der Waals surface area contributed by atoms with Crippen LogP contribution in [0.3, 0.4) is 0 Å². The van der Waals surface area contributed by atoms with Gasteiger partial charge in [-0.25, -0.2) is 4.98 Å². The van der Waals surface area contributed by atoms with Crippen LogP contribution in [-0.2, 0) is 9.59 Å². The number of nitrogens with zero attached hydrogens (tertiary/aromatic N) is 4. The number of anilines is 1. The minimum absolute atomic E-state index is 0.134. The van der Waals surface area contributed by atoms with Crippen molar-refractivity contribution in [2.24, 2.45) is 0 Å². The Morgan fingerprint density at radius 2 is 1.73 bits per heavy atom. The highest BCUT2D eigenvalue weighted by atomic mass is 16.4. The molecule has 26 heavy (non-hydrogen) atoms. The lowest BCUT2D eigenvalue weighted by atomic mass is 10.1. The van der Waals surface area contributed by atoms with Crippen LogP contribution < -0.4 is 5.32 Å². The number of rotatable bonds is 6. The Morgan fingerprint density at radius 1 is 0.923 bits per heavy atom. The average Bonchev–Trinajstić information content (AvgIpc) is 2.68. The van der Waals surface area contributed by atoms with Gasteiger partial charge in [0.2, 0.25) is 5.91 Å². The third-order valence-corrected chi connectivity index (χ3v) is 3.49. The van der Waals surface area contributed by atoms with E-state index in [1.165, 1.54) is 6.20 Å². The lowest BCUT2D eigenvalue weighted by molar-refractivity contribution is -0.138. The molecule has 3 rings (SSSR count). The highest BCUT2D eigenvalue weighted by Gasteiger charge is 2.14. The molecular weight excluding hydrogens is 334 g/mol. The number of hydrogen-bond acceptors (Lipinski definition) is 6. The Labute approximate surface area is 149 Å². The number of carboxylic acids is 1. The summed E-state index contributed by atoms with van der Waals surface area (Å²) in [6.07, 6.45) is 7.69. The van der Waals surface area contributed by atoms with E-state index in [0.717, 1.165) is 11.1 Å². The summed E-state index contributed by atoms with van der Waals surface area (Å²) in [6.45, 7) is 0. The predicted molar refractivity (Wildman–Crippen MR) is 94.0 cm³/mol. The second kappa shape index (κ2) is 7.93. The van der Waals surface area contributed by atoms with E-state index < -0.39 is 11.9 Å².